The van der Waals surface area contributed by atoms with Gasteiger partial charge in [0, 0.05) is 49.1 Å². The number of carbonyl (C=O) groups is 3. The highest BCUT2D eigenvalue weighted by Crippen LogP contribution is 2.27. The third-order valence-electron chi connectivity index (χ3n) is 7.10. The quantitative estimate of drug-likeness (QED) is 0.308. The van der Waals surface area contributed by atoms with E-state index in [-0.39, 0.29) is 30.2 Å². The first-order valence-corrected chi connectivity index (χ1v) is 13.9. The van der Waals surface area contributed by atoms with Crippen LogP contribution < -0.4 is 16.4 Å². The standard InChI is InChI=1S/C32H35ClN4O3/c33-26-14-11-23(12-15-26)13-18-31(39)35-21-27-19-20-37(32(40)29(36-27)16-17-30(34)38)22-28(24-7-3-1-4-8-24)25-9-5-2-6-10-25/h1-15,18,27-29,36H,16-17,19-22H2,(H2,34,38)(H,35,39). The van der Waals surface area contributed by atoms with Gasteiger partial charge < -0.3 is 21.3 Å². The summed E-state index contributed by atoms with van der Waals surface area (Å²) in [7, 11) is 0. The molecule has 0 bridgehead atoms. The topological polar surface area (TPSA) is 105 Å². The van der Waals surface area contributed by atoms with Gasteiger partial charge in [0.2, 0.25) is 17.7 Å². The number of primary amides is 1. The molecule has 40 heavy (non-hydrogen) atoms. The molecule has 0 spiro atoms. The lowest BCUT2D eigenvalue weighted by Crippen LogP contribution is -2.49. The second-order valence-electron chi connectivity index (χ2n) is 10.00. The summed E-state index contributed by atoms with van der Waals surface area (Å²) >= 11 is 5.92. The zero-order chi connectivity index (χ0) is 28.3. The van der Waals surface area contributed by atoms with Crippen LogP contribution in [0.15, 0.2) is 91.0 Å². The molecule has 3 amide bonds. The van der Waals surface area contributed by atoms with Crippen LogP contribution in [0.2, 0.25) is 5.02 Å². The van der Waals surface area contributed by atoms with Gasteiger partial charge in [-0.25, -0.2) is 0 Å². The van der Waals surface area contributed by atoms with Crippen molar-refractivity contribution in [3.05, 3.63) is 113 Å². The fourth-order valence-corrected chi connectivity index (χ4v) is 5.07. The number of hydrogen-bond donors (Lipinski definition) is 3. The molecule has 3 aromatic carbocycles. The Labute approximate surface area is 240 Å². The van der Waals surface area contributed by atoms with Gasteiger partial charge in [-0.3, -0.25) is 14.4 Å². The lowest BCUT2D eigenvalue weighted by Gasteiger charge is -2.29. The molecule has 8 heteroatoms. The number of benzene rings is 3. The molecular formula is C32H35ClN4O3. The van der Waals surface area contributed by atoms with Crippen molar-refractivity contribution in [2.24, 2.45) is 5.73 Å². The molecule has 2 atom stereocenters. The molecule has 0 saturated carbocycles. The average molecular weight is 559 g/mol. The maximum Gasteiger partial charge on any atom is 0.244 e. The van der Waals surface area contributed by atoms with E-state index in [1.54, 1.807) is 18.2 Å². The van der Waals surface area contributed by atoms with Crippen molar-refractivity contribution in [1.29, 1.82) is 0 Å². The maximum absolute atomic E-state index is 13.7. The number of rotatable bonds is 11. The van der Waals surface area contributed by atoms with Gasteiger partial charge in [-0.2, -0.15) is 0 Å². The van der Waals surface area contributed by atoms with Gasteiger partial charge in [-0.1, -0.05) is 84.4 Å². The molecule has 0 aliphatic carbocycles. The summed E-state index contributed by atoms with van der Waals surface area (Å²) in [4.78, 5) is 39.7. The van der Waals surface area contributed by atoms with Crippen LogP contribution in [-0.4, -0.2) is 54.3 Å². The van der Waals surface area contributed by atoms with Crippen LogP contribution in [0.1, 0.15) is 41.9 Å². The molecule has 1 heterocycles. The molecule has 7 nitrogen and oxygen atoms in total. The predicted octanol–water partition coefficient (Wildman–Crippen LogP) is 4.13. The van der Waals surface area contributed by atoms with Crippen molar-refractivity contribution >= 4 is 35.4 Å². The number of carbonyl (C=O) groups excluding carboxylic acids is 3. The molecule has 1 saturated heterocycles. The van der Waals surface area contributed by atoms with Gasteiger partial charge in [0.1, 0.15) is 0 Å². The smallest absolute Gasteiger partial charge is 0.244 e. The van der Waals surface area contributed by atoms with E-state index in [1.165, 1.54) is 6.08 Å². The Kier molecular flexibility index (Phi) is 10.5. The second kappa shape index (κ2) is 14.4. The maximum atomic E-state index is 13.7. The van der Waals surface area contributed by atoms with Crippen LogP contribution in [-0.2, 0) is 14.4 Å². The SMILES string of the molecule is NC(=O)CCC1NC(CNC(=O)C=Cc2ccc(Cl)cc2)CCN(CC(c2ccccc2)c2ccccc2)C1=O. The van der Waals surface area contributed by atoms with Crippen LogP contribution in [0.25, 0.3) is 6.08 Å². The molecule has 1 aliphatic heterocycles. The van der Waals surface area contributed by atoms with Crippen molar-refractivity contribution in [3.63, 3.8) is 0 Å². The number of halogens is 1. The summed E-state index contributed by atoms with van der Waals surface area (Å²) in [5, 5.41) is 6.95. The minimum Gasteiger partial charge on any atom is -0.370 e. The van der Waals surface area contributed by atoms with E-state index >= 15 is 0 Å². The summed E-state index contributed by atoms with van der Waals surface area (Å²) < 4.78 is 0. The Morgan fingerprint density at radius 3 is 2.23 bits per heavy atom. The fourth-order valence-electron chi connectivity index (χ4n) is 4.94. The molecule has 208 valence electrons. The van der Waals surface area contributed by atoms with Crippen LogP contribution in [0.3, 0.4) is 0 Å². The summed E-state index contributed by atoms with van der Waals surface area (Å²) in [6, 6.07) is 26.8. The Balaban J connectivity index is 1.46. The van der Waals surface area contributed by atoms with E-state index in [9.17, 15) is 14.4 Å². The molecule has 0 radical (unpaired) electrons. The number of amides is 3. The number of hydrogen-bond acceptors (Lipinski definition) is 4. The van der Waals surface area contributed by atoms with Crippen LogP contribution in [0.5, 0.6) is 0 Å². The summed E-state index contributed by atoms with van der Waals surface area (Å²) in [5.74, 6) is -0.743. The van der Waals surface area contributed by atoms with E-state index in [0.29, 0.717) is 37.5 Å². The van der Waals surface area contributed by atoms with Gasteiger partial charge in [0.05, 0.1) is 6.04 Å². The number of nitrogens with zero attached hydrogens (tertiary/aromatic N) is 1. The summed E-state index contributed by atoms with van der Waals surface area (Å²) in [6.07, 6.45) is 4.25. The van der Waals surface area contributed by atoms with Gasteiger partial charge in [0.25, 0.3) is 0 Å². The van der Waals surface area contributed by atoms with Crippen molar-refractivity contribution in [1.82, 2.24) is 15.5 Å². The monoisotopic (exact) mass is 558 g/mol. The van der Waals surface area contributed by atoms with Crippen LogP contribution >= 0.6 is 11.6 Å². The van der Waals surface area contributed by atoms with E-state index in [0.717, 1.165) is 16.7 Å². The summed E-state index contributed by atoms with van der Waals surface area (Å²) in [6.45, 7) is 1.37. The molecular weight excluding hydrogens is 524 g/mol. The first kappa shape index (κ1) is 29.1. The Bertz CT molecular complexity index is 1260. The number of nitrogens with two attached hydrogens (primary N) is 1. The largest absolute Gasteiger partial charge is 0.370 e. The zero-order valence-electron chi connectivity index (χ0n) is 22.3. The van der Waals surface area contributed by atoms with Crippen molar-refractivity contribution in [2.45, 2.75) is 37.3 Å². The normalized spacial score (nSPS) is 17.6. The van der Waals surface area contributed by atoms with Gasteiger partial charge in [-0.15, -0.1) is 0 Å². The first-order chi connectivity index (χ1) is 19.4. The molecule has 2 unspecified atom stereocenters. The van der Waals surface area contributed by atoms with E-state index in [1.807, 2.05) is 53.4 Å². The van der Waals surface area contributed by atoms with Crippen molar-refractivity contribution in [2.75, 3.05) is 19.6 Å². The van der Waals surface area contributed by atoms with Gasteiger partial charge in [-0.05, 0) is 47.7 Å². The lowest BCUT2D eigenvalue weighted by atomic mass is 9.90. The minimum atomic E-state index is -0.575. The molecule has 1 aliphatic rings. The minimum absolute atomic E-state index is 0.00241. The van der Waals surface area contributed by atoms with Gasteiger partial charge >= 0.3 is 0 Å². The lowest BCUT2D eigenvalue weighted by molar-refractivity contribution is -0.133. The highest BCUT2D eigenvalue weighted by atomic mass is 35.5. The Morgan fingerprint density at radius 1 is 1.00 bits per heavy atom. The average Bonchev–Trinajstić information content (AvgIpc) is 3.12. The molecule has 0 aromatic heterocycles. The van der Waals surface area contributed by atoms with E-state index < -0.39 is 11.9 Å². The Morgan fingerprint density at radius 2 is 1.62 bits per heavy atom. The van der Waals surface area contributed by atoms with Crippen LogP contribution in [0.4, 0.5) is 0 Å². The molecule has 3 aromatic rings. The molecule has 1 fully saturated rings. The summed E-state index contributed by atoms with van der Waals surface area (Å²) in [5.41, 5.74) is 8.54. The van der Waals surface area contributed by atoms with E-state index in [2.05, 4.69) is 34.9 Å². The van der Waals surface area contributed by atoms with E-state index in [4.69, 9.17) is 17.3 Å². The van der Waals surface area contributed by atoms with Crippen molar-refractivity contribution < 1.29 is 14.4 Å². The number of nitrogens with one attached hydrogen (secondary N) is 2. The third-order valence-corrected chi connectivity index (χ3v) is 7.35. The highest BCUT2D eigenvalue weighted by Gasteiger charge is 2.32. The second-order valence-corrected chi connectivity index (χ2v) is 10.4. The molecule has 4 N–H and O–H groups in total. The third kappa shape index (κ3) is 8.53. The Hall–Kier alpha value is -3.94. The molecule has 4 rings (SSSR count). The van der Waals surface area contributed by atoms with Gasteiger partial charge in [0.15, 0.2) is 0 Å². The van der Waals surface area contributed by atoms with Crippen molar-refractivity contribution in [3.8, 4) is 0 Å². The fraction of sp³-hybridized carbons (Fsp3) is 0.281. The van der Waals surface area contributed by atoms with Crippen LogP contribution in [0, 0.1) is 0 Å². The zero-order valence-corrected chi connectivity index (χ0v) is 23.1. The highest BCUT2D eigenvalue weighted by molar-refractivity contribution is 6.30. The first-order valence-electron chi connectivity index (χ1n) is 13.5. The predicted molar refractivity (Wildman–Crippen MR) is 159 cm³/mol.